The van der Waals surface area contributed by atoms with Crippen LogP contribution in [-0.2, 0) is 4.74 Å². The molecule has 0 unspecified atom stereocenters. The summed E-state index contributed by atoms with van der Waals surface area (Å²) < 4.78 is 11.1. The van der Waals surface area contributed by atoms with Crippen LogP contribution in [0.25, 0.3) is 11.3 Å². The van der Waals surface area contributed by atoms with E-state index in [-0.39, 0.29) is 11.2 Å². The van der Waals surface area contributed by atoms with Crippen LogP contribution in [0.5, 0.6) is 0 Å². The minimum atomic E-state index is -0.484. The third kappa shape index (κ3) is 5.26. The first-order chi connectivity index (χ1) is 12.3. The van der Waals surface area contributed by atoms with Crippen LogP contribution in [0.1, 0.15) is 38.2 Å². The van der Waals surface area contributed by atoms with Crippen molar-refractivity contribution >= 4 is 29.2 Å². The van der Waals surface area contributed by atoms with Gasteiger partial charge in [0.1, 0.15) is 5.76 Å². The summed E-state index contributed by atoms with van der Waals surface area (Å²) in [6.45, 7) is 11.5. The molecular formula is C20H25Cl2NO3. The molecule has 0 aliphatic rings. The van der Waals surface area contributed by atoms with E-state index in [2.05, 4.69) is 32.6 Å². The molecule has 0 aliphatic carbocycles. The van der Waals surface area contributed by atoms with Gasteiger partial charge in [-0.1, -0.05) is 57.0 Å². The first-order valence-corrected chi connectivity index (χ1v) is 9.46. The van der Waals surface area contributed by atoms with Crippen molar-refractivity contribution in [1.82, 2.24) is 4.90 Å². The lowest BCUT2D eigenvalue weighted by Crippen LogP contribution is -2.37. The highest BCUT2D eigenvalue weighted by Crippen LogP contribution is 2.34. The molecule has 0 saturated heterocycles. The van der Waals surface area contributed by atoms with E-state index in [1.807, 2.05) is 0 Å². The van der Waals surface area contributed by atoms with E-state index < -0.39 is 5.97 Å². The molecule has 0 saturated carbocycles. The van der Waals surface area contributed by atoms with Crippen molar-refractivity contribution in [2.24, 2.45) is 5.41 Å². The molecule has 0 bridgehead atoms. The van der Waals surface area contributed by atoms with Crippen molar-refractivity contribution in [3.8, 4) is 11.3 Å². The average Bonchev–Trinajstić information content (AvgIpc) is 3.10. The van der Waals surface area contributed by atoms with E-state index in [4.69, 9.17) is 32.4 Å². The van der Waals surface area contributed by atoms with Gasteiger partial charge in [-0.2, -0.15) is 0 Å². The molecule has 4 nitrogen and oxygen atoms in total. The summed E-state index contributed by atoms with van der Waals surface area (Å²) >= 11 is 12.2. The molecule has 0 amide bonds. The van der Waals surface area contributed by atoms with Gasteiger partial charge < -0.3 is 14.1 Å². The standard InChI is InChI=1S/C20H25Cl2NO3/c1-5-23(6-2)12-20(3,4)13-25-19(24)17-11-10-16(26-17)14-8-7-9-15(21)18(14)22/h7-11H,5-6,12-13H2,1-4H3. The Labute approximate surface area is 165 Å². The zero-order chi connectivity index (χ0) is 19.3. The van der Waals surface area contributed by atoms with Crippen molar-refractivity contribution in [2.75, 3.05) is 26.2 Å². The van der Waals surface area contributed by atoms with Gasteiger partial charge in [0.05, 0.1) is 16.7 Å². The van der Waals surface area contributed by atoms with E-state index >= 15 is 0 Å². The second-order valence-electron chi connectivity index (χ2n) is 6.97. The molecule has 6 heteroatoms. The van der Waals surface area contributed by atoms with Gasteiger partial charge in [0.2, 0.25) is 5.76 Å². The number of hydrogen-bond donors (Lipinski definition) is 0. The highest BCUT2D eigenvalue weighted by molar-refractivity contribution is 6.43. The normalized spacial score (nSPS) is 11.8. The van der Waals surface area contributed by atoms with Gasteiger partial charge in [0, 0.05) is 17.5 Å². The fourth-order valence-electron chi connectivity index (χ4n) is 2.72. The maximum Gasteiger partial charge on any atom is 0.374 e. The summed E-state index contributed by atoms with van der Waals surface area (Å²) in [5.41, 5.74) is 0.493. The summed E-state index contributed by atoms with van der Waals surface area (Å²) in [6.07, 6.45) is 0. The van der Waals surface area contributed by atoms with Crippen molar-refractivity contribution in [2.45, 2.75) is 27.7 Å². The molecule has 1 aromatic carbocycles. The Morgan fingerprint density at radius 1 is 1.15 bits per heavy atom. The number of benzene rings is 1. The predicted octanol–water partition coefficient (Wildman–Crippen LogP) is 5.78. The average molecular weight is 398 g/mol. The quantitative estimate of drug-likeness (QED) is 0.529. The van der Waals surface area contributed by atoms with E-state index in [1.165, 1.54) is 0 Å². The number of carbonyl (C=O) groups is 1. The topological polar surface area (TPSA) is 42.7 Å². The summed E-state index contributed by atoms with van der Waals surface area (Å²) in [6, 6.07) is 8.54. The number of hydrogen-bond acceptors (Lipinski definition) is 4. The van der Waals surface area contributed by atoms with Crippen LogP contribution >= 0.6 is 23.2 Å². The molecule has 0 N–H and O–H groups in total. The van der Waals surface area contributed by atoms with E-state index in [9.17, 15) is 4.79 Å². The Hall–Kier alpha value is -1.49. The van der Waals surface area contributed by atoms with Crippen molar-refractivity contribution < 1.29 is 13.9 Å². The number of nitrogens with zero attached hydrogens (tertiary/aromatic N) is 1. The number of furan rings is 1. The summed E-state index contributed by atoms with van der Waals surface area (Å²) in [4.78, 5) is 14.6. The van der Waals surface area contributed by atoms with Gasteiger partial charge in [0.15, 0.2) is 0 Å². The fourth-order valence-corrected chi connectivity index (χ4v) is 3.11. The second-order valence-corrected chi connectivity index (χ2v) is 7.75. The minimum absolute atomic E-state index is 0.145. The van der Waals surface area contributed by atoms with Crippen molar-refractivity contribution in [3.63, 3.8) is 0 Å². The second kappa shape index (κ2) is 8.94. The van der Waals surface area contributed by atoms with Gasteiger partial charge in [-0.25, -0.2) is 4.79 Å². The van der Waals surface area contributed by atoms with E-state index in [0.717, 1.165) is 19.6 Å². The van der Waals surface area contributed by atoms with Gasteiger partial charge in [0.25, 0.3) is 0 Å². The number of rotatable bonds is 8. The largest absolute Gasteiger partial charge is 0.459 e. The summed E-state index contributed by atoms with van der Waals surface area (Å²) in [5.74, 6) is 0.142. The first-order valence-electron chi connectivity index (χ1n) is 8.71. The van der Waals surface area contributed by atoms with Crippen molar-refractivity contribution in [1.29, 1.82) is 0 Å². The Kier molecular flexibility index (Phi) is 7.16. The van der Waals surface area contributed by atoms with Gasteiger partial charge in [-0.15, -0.1) is 0 Å². The molecule has 0 radical (unpaired) electrons. The van der Waals surface area contributed by atoms with E-state index in [1.54, 1.807) is 30.3 Å². The molecule has 26 heavy (non-hydrogen) atoms. The third-order valence-electron chi connectivity index (χ3n) is 4.16. The molecule has 0 spiro atoms. The molecule has 2 aromatic rings. The van der Waals surface area contributed by atoms with Crippen LogP contribution in [-0.4, -0.2) is 37.1 Å². The number of halogens is 2. The zero-order valence-electron chi connectivity index (χ0n) is 15.6. The SMILES string of the molecule is CCN(CC)CC(C)(C)COC(=O)c1ccc(-c2cccc(Cl)c2Cl)o1. The van der Waals surface area contributed by atoms with Crippen LogP contribution < -0.4 is 0 Å². The van der Waals surface area contributed by atoms with Gasteiger partial charge in [-0.05, 0) is 37.4 Å². The fraction of sp³-hybridized carbons (Fsp3) is 0.450. The Bertz CT molecular complexity index is 751. The Balaban J connectivity index is 2.03. The third-order valence-corrected chi connectivity index (χ3v) is 4.98. The maximum atomic E-state index is 12.3. The van der Waals surface area contributed by atoms with Crippen molar-refractivity contribution in [3.05, 3.63) is 46.1 Å². The van der Waals surface area contributed by atoms with Crippen LogP contribution in [0.15, 0.2) is 34.7 Å². The maximum absolute atomic E-state index is 12.3. The first kappa shape index (κ1) is 20.8. The molecule has 1 heterocycles. The molecule has 142 valence electrons. The van der Waals surface area contributed by atoms with Crippen LogP contribution in [0, 0.1) is 5.41 Å². The number of ether oxygens (including phenoxy) is 1. The van der Waals surface area contributed by atoms with Crippen LogP contribution in [0.3, 0.4) is 0 Å². The zero-order valence-corrected chi connectivity index (χ0v) is 17.2. The van der Waals surface area contributed by atoms with E-state index in [0.29, 0.717) is 28.0 Å². The summed E-state index contributed by atoms with van der Waals surface area (Å²) in [7, 11) is 0. The lowest BCUT2D eigenvalue weighted by atomic mass is 9.94. The monoisotopic (exact) mass is 397 g/mol. The lowest BCUT2D eigenvalue weighted by Gasteiger charge is -2.30. The van der Waals surface area contributed by atoms with Gasteiger partial charge in [-0.3, -0.25) is 0 Å². The van der Waals surface area contributed by atoms with Crippen LogP contribution in [0.2, 0.25) is 10.0 Å². The predicted molar refractivity (Wildman–Crippen MR) is 106 cm³/mol. The molecule has 1 aromatic heterocycles. The summed E-state index contributed by atoms with van der Waals surface area (Å²) in [5, 5.41) is 0.826. The molecule has 0 aliphatic heterocycles. The highest BCUT2D eigenvalue weighted by Gasteiger charge is 2.24. The molecule has 0 atom stereocenters. The highest BCUT2D eigenvalue weighted by atomic mass is 35.5. The number of esters is 1. The minimum Gasteiger partial charge on any atom is -0.459 e. The molecular weight excluding hydrogens is 373 g/mol. The molecule has 2 rings (SSSR count). The lowest BCUT2D eigenvalue weighted by molar-refractivity contribution is 0.0243. The Morgan fingerprint density at radius 2 is 1.85 bits per heavy atom. The van der Waals surface area contributed by atoms with Gasteiger partial charge >= 0.3 is 5.97 Å². The smallest absolute Gasteiger partial charge is 0.374 e. The Morgan fingerprint density at radius 3 is 2.50 bits per heavy atom. The van der Waals surface area contributed by atoms with Crippen LogP contribution in [0.4, 0.5) is 0 Å². The number of carbonyl (C=O) groups excluding carboxylic acids is 1. The molecule has 0 fully saturated rings.